The fourth-order valence-corrected chi connectivity index (χ4v) is 2.83. The van der Waals surface area contributed by atoms with E-state index in [1.54, 1.807) is 28.8 Å². The molecule has 7 heteroatoms. The highest BCUT2D eigenvalue weighted by Crippen LogP contribution is 2.29. The summed E-state index contributed by atoms with van der Waals surface area (Å²) >= 11 is 5.11. The molecule has 0 aliphatic rings. The molecule has 0 saturated heterocycles. The maximum Gasteiger partial charge on any atom is 0.264 e. The molecule has 0 atom stereocenters. The minimum atomic E-state index is -2.79. The number of hydrogen-bond donors (Lipinski definition) is 1. The normalized spacial score (nSPS) is 11.3. The largest absolute Gasteiger partial charge is 0.303 e. The number of aromatic amines is 1. The van der Waals surface area contributed by atoms with Gasteiger partial charge >= 0.3 is 0 Å². The first-order valence-electron chi connectivity index (χ1n) is 7.04. The average molecular weight is 333 g/mol. The van der Waals surface area contributed by atoms with Crippen LogP contribution in [0.2, 0.25) is 0 Å². The topological polar surface area (TPSA) is 50.7 Å². The molecule has 0 radical (unpaired) electrons. The van der Waals surface area contributed by atoms with Gasteiger partial charge in [-0.25, -0.2) is 13.8 Å². The van der Waals surface area contributed by atoms with Crippen molar-refractivity contribution >= 4 is 23.3 Å². The van der Waals surface area contributed by atoms with E-state index in [4.69, 9.17) is 12.2 Å². The van der Waals surface area contributed by atoms with Gasteiger partial charge in [0.1, 0.15) is 5.65 Å². The van der Waals surface area contributed by atoms with E-state index in [2.05, 4.69) is 9.97 Å². The summed E-state index contributed by atoms with van der Waals surface area (Å²) in [6.07, 6.45) is -2.79. The van der Waals surface area contributed by atoms with Crippen molar-refractivity contribution in [3.63, 3.8) is 0 Å². The molecule has 0 bridgehead atoms. The number of nitrogens with zero attached hydrogens (tertiary/aromatic N) is 2. The van der Waals surface area contributed by atoms with Gasteiger partial charge in [0.05, 0.1) is 11.1 Å². The minimum absolute atomic E-state index is 0.116. The Morgan fingerprint density at radius 1 is 1.30 bits per heavy atom. The van der Waals surface area contributed by atoms with Crippen LogP contribution in [0.1, 0.15) is 18.9 Å². The van der Waals surface area contributed by atoms with Crippen LogP contribution in [-0.2, 0) is 6.54 Å². The number of alkyl halides is 2. The summed E-state index contributed by atoms with van der Waals surface area (Å²) in [5.74, 6) is 0. The Kier molecular flexibility index (Phi) is 4.04. The van der Waals surface area contributed by atoms with Gasteiger partial charge in [-0.1, -0.05) is 30.3 Å². The Morgan fingerprint density at radius 2 is 2.00 bits per heavy atom. The minimum Gasteiger partial charge on any atom is -0.303 e. The lowest BCUT2D eigenvalue weighted by Gasteiger charge is -2.13. The van der Waals surface area contributed by atoms with Crippen LogP contribution < -0.4 is 5.56 Å². The summed E-state index contributed by atoms with van der Waals surface area (Å²) in [6, 6.07) is 10.3. The fraction of sp³-hybridized carbons (Fsp3) is 0.188. The van der Waals surface area contributed by atoms with E-state index in [1.165, 1.54) is 6.07 Å². The molecule has 0 amide bonds. The molecule has 4 nitrogen and oxygen atoms in total. The van der Waals surface area contributed by atoms with Crippen LogP contribution >= 0.6 is 12.2 Å². The van der Waals surface area contributed by atoms with Crippen LogP contribution in [0.4, 0.5) is 8.78 Å². The van der Waals surface area contributed by atoms with Crippen LogP contribution in [-0.4, -0.2) is 14.5 Å². The Balaban J connectivity index is 2.48. The summed E-state index contributed by atoms with van der Waals surface area (Å²) < 4.78 is 28.7. The van der Waals surface area contributed by atoms with E-state index >= 15 is 0 Å². The maximum atomic E-state index is 13.5. The van der Waals surface area contributed by atoms with Gasteiger partial charge < -0.3 is 4.57 Å². The summed E-state index contributed by atoms with van der Waals surface area (Å²) in [5, 5.41) is -0.116. The van der Waals surface area contributed by atoms with Crippen LogP contribution in [0.3, 0.4) is 0 Å². The Labute approximate surface area is 135 Å². The van der Waals surface area contributed by atoms with Gasteiger partial charge in [-0.15, -0.1) is 0 Å². The number of aryl methyl sites for hydroxylation is 1. The molecule has 0 aliphatic carbocycles. The highest BCUT2D eigenvalue weighted by Gasteiger charge is 2.19. The number of pyridine rings is 1. The lowest BCUT2D eigenvalue weighted by atomic mass is 10.1. The highest BCUT2D eigenvalue weighted by atomic mass is 32.1. The van der Waals surface area contributed by atoms with Gasteiger partial charge in [-0.2, -0.15) is 0 Å². The molecule has 3 rings (SSSR count). The Hall–Kier alpha value is -2.41. The molecule has 0 aliphatic heterocycles. The number of hydrogen-bond acceptors (Lipinski definition) is 3. The molecule has 0 spiro atoms. The molecular weight excluding hydrogens is 320 g/mol. The lowest BCUT2D eigenvalue weighted by Crippen LogP contribution is -2.17. The zero-order chi connectivity index (χ0) is 16.6. The first kappa shape index (κ1) is 15.5. The van der Waals surface area contributed by atoms with E-state index in [0.29, 0.717) is 17.8 Å². The second-order valence-corrected chi connectivity index (χ2v) is 5.35. The number of rotatable bonds is 3. The summed E-state index contributed by atoms with van der Waals surface area (Å²) in [4.78, 5) is 19.0. The zero-order valence-electron chi connectivity index (χ0n) is 12.2. The molecule has 23 heavy (non-hydrogen) atoms. The van der Waals surface area contributed by atoms with Crippen molar-refractivity contribution in [1.29, 1.82) is 0 Å². The fourth-order valence-electron chi connectivity index (χ4n) is 2.52. The van der Waals surface area contributed by atoms with Crippen LogP contribution in [0.15, 0.2) is 41.2 Å². The first-order chi connectivity index (χ1) is 11.0. The van der Waals surface area contributed by atoms with Crippen molar-refractivity contribution in [2.45, 2.75) is 19.9 Å². The van der Waals surface area contributed by atoms with E-state index in [1.807, 2.05) is 13.0 Å². The number of benzene rings is 1. The second-order valence-electron chi connectivity index (χ2n) is 4.97. The van der Waals surface area contributed by atoms with E-state index in [9.17, 15) is 13.6 Å². The van der Waals surface area contributed by atoms with Crippen molar-refractivity contribution in [2.24, 2.45) is 0 Å². The van der Waals surface area contributed by atoms with Gasteiger partial charge in [0.25, 0.3) is 12.0 Å². The maximum absolute atomic E-state index is 13.5. The third-order valence-electron chi connectivity index (χ3n) is 3.60. The number of aromatic nitrogens is 3. The summed E-state index contributed by atoms with van der Waals surface area (Å²) in [6.45, 7) is 2.23. The predicted molar refractivity (Wildman–Crippen MR) is 87.3 cm³/mol. The smallest absolute Gasteiger partial charge is 0.264 e. The molecular formula is C16H13F2N3OS. The molecule has 118 valence electrons. The average Bonchev–Trinajstić information content (AvgIpc) is 2.54. The summed E-state index contributed by atoms with van der Waals surface area (Å²) in [5.41, 5.74) is 0.281. The third-order valence-corrected chi connectivity index (χ3v) is 3.92. The highest BCUT2D eigenvalue weighted by molar-refractivity contribution is 7.71. The molecule has 0 saturated carbocycles. The third kappa shape index (κ3) is 2.68. The predicted octanol–water partition coefficient (Wildman–Crippen LogP) is 4.08. The second kappa shape index (κ2) is 6.00. The zero-order valence-corrected chi connectivity index (χ0v) is 13.0. The SMILES string of the molecule is CCn1c(=S)[nH]c(=O)c2c(C(F)F)cc(-c3ccccc3)nc21. The van der Waals surface area contributed by atoms with Crippen molar-refractivity contribution in [1.82, 2.24) is 14.5 Å². The van der Waals surface area contributed by atoms with Gasteiger partial charge in [-0.05, 0) is 25.2 Å². The lowest BCUT2D eigenvalue weighted by molar-refractivity contribution is 0.153. The van der Waals surface area contributed by atoms with Crippen LogP contribution in [0.25, 0.3) is 22.3 Å². The molecule has 2 heterocycles. The van der Waals surface area contributed by atoms with Gasteiger partial charge in [-0.3, -0.25) is 9.78 Å². The van der Waals surface area contributed by atoms with E-state index in [0.717, 1.165) is 0 Å². The summed E-state index contributed by atoms with van der Waals surface area (Å²) in [7, 11) is 0. The molecule has 2 aromatic heterocycles. The molecule has 0 unspecified atom stereocenters. The van der Waals surface area contributed by atoms with Crippen molar-refractivity contribution < 1.29 is 8.78 Å². The van der Waals surface area contributed by atoms with Gasteiger partial charge in [0.2, 0.25) is 0 Å². The van der Waals surface area contributed by atoms with Crippen molar-refractivity contribution in [3.8, 4) is 11.3 Å². The number of fused-ring (bicyclic) bond motifs is 1. The van der Waals surface area contributed by atoms with Crippen molar-refractivity contribution in [3.05, 3.63) is 57.1 Å². The molecule has 1 N–H and O–H groups in total. The molecule has 0 fully saturated rings. The first-order valence-corrected chi connectivity index (χ1v) is 7.45. The van der Waals surface area contributed by atoms with Gasteiger partial charge in [0.15, 0.2) is 4.77 Å². The van der Waals surface area contributed by atoms with Crippen LogP contribution in [0.5, 0.6) is 0 Å². The number of halogens is 2. The molecule has 3 aromatic rings. The quantitative estimate of drug-likeness (QED) is 0.735. The van der Waals surface area contributed by atoms with Gasteiger partial charge in [0, 0.05) is 17.7 Å². The Bertz CT molecular complexity index is 980. The van der Waals surface area contributed by atoms with Crippen molar-refractivity contribution in [2.75, 3.05) is 0 Å². The number of H-pyrrole nitrogens is 1. The standard InChI is InChI=1S/C16H13F2N3OS/c1-2-21-14-12(15(22)20-16(21)23)10(13(17)18)8-11(19-14)9-6-4-3-5-7-9/h3-8,13H,2H2,1H3,(H,20,22,23). The Morgan fingerprint density at radius 3 is 2.61 bits per heavy atom. The monoisotopic (exact) mass is 333 g/mol. The van der Waals surface area contributed by atoms with Crippen LogP contribution in [0, 0.1) is 4.77 Å². The number of nitrogens with one attached hydrogen (secondary N) is 1. The van der Waals surface area contributed by atoms with E-state index in [-0.39, 0.29) is 21.4 Å². The molecule has 1 aromatic carbocycles. The van der Waals surface area contributed by atoms with E-state index < -0.39 is 12.0 Å².